The first-order chi connectivity index (χ1) is 14.5. The molecule has 0 fully saturated rings. The zero-order valence-electron chi connectivity index (χ0n) is 16.8. The van der Waals surface area contributed by atoms with Crippen LogP contribution in [0.4, 0.5) is 17.1 Å². The van der Waals surface area contributed by atoms with E-state index in [1.165, 1.54) is 6.20 Å². The van der Waals surface area contributed by atoms with Crippen LogP contribution in [0.3, 0.4) is 0 Å². The first-order valence-corrected chi connectivity index (χ1v) is 9.33. The monoisotopic (exact) mass is 398 g/mol. The highest BCUT2D eigenvalue weighted by molar-refractivity contribution is 6.06. The van der Waals surface area contributed by atoms with Gasteiger partial charge in [-0.1, -0.05) is 18.2 Å². The summed E-state index contributed by atoms with van der Waals surface area (Å²) in [5.41, 5.74) is 2.37. The van der Waals surface area contributed by atoms with Gasteiger partial charge in [0, 0.05) is 37.4 Å². The molecule has 6 heteroatoms. The molecule has 6 nitrogen and oxygen atoms in total. The Hall–Kier alpha value is -4.24. The van der Waals surface area contributed by atoms with Gasteiger partial charge in [-0.15, -0.1) is 0 Å². The molecule has 3 aromatic rings. The molecular formula is C24H22N4O2. The zero-order chi connectivity index (χ0) is 21.3. The van der Waals surface area contributed by atoms with Crippen molar-refractivity contribution < 1.29 is 9.53 Å². The summed E-state index contributed by atoms with van der Waals surface area (Å²) in [6, 6.07) is 25.9. The molecule has 0 aromatic heterocycles. The van der Waals surface area contributed by atoms with E-state index in [-0.39, 0.29) is 5.57 Å². The standard InChI is InChI=1S/C24H22N4O2/c1-28(2)21-12-8-19(9-13-21)26-17-18(16-25)24(29)27-20-10-14-23(15-11-20)30-22-6-4-3-5-7-22/h3-15,17,26H,1-2H3,(H,27,29)/b18-17-. The number of nitrogens with zero attached hydrogens (tertiary/aromatic N) is 2. The zero-order valence-corrected chi connectivity index (χ0v) is 16.8. The maximum atomic E-state index is 12.4. The molecule has 30 heavy (non-hydrogen) atoms. The Balaban J connectivity index is 1.60. The molecule has 0 spiro atoms. The van der Waals surface area contributed by atoms with Crippen molar-refractivity contribution in [3.63, 3.8) is 0 Å². The predicted molar refractivity (Wildman–Crippen MR) is 120 cm³/mol. The summed E-state index contributed by atoms with van der Waals surface area (Å²) in [5, 5.41) is 15.0. The molecule has 0 saturated carbocycles. The summed E-state index contributed by atoms with van der Waals surface area (Å²) in [7, 11) is 3.92. The average molecular weight is 398 g/mol. The second-order valence-electron chi connectivity index (χ2n) is 6.65. The second-order valence-corrected chi connectivity index (χ2v) is 6.65. The minimum Gasteiger partial charge on any atom is -0.457 e. The van der Waals surface area contributed by atoms with E-state index in [4.69, 9.17) is 4.74 Å². The highest BCUT2D eigenvalue weighted by Crippen LogP contribution is 2.23. The lowest BCUT2D eigenvalue weighted by molar-refractivity contribution is -0.112. The quantitative estimate of drug-likeness (QED) is 0.432. The van der Waals surface area contributed by atoms with E-state index in [2.05, 4.69) is 10.6 Å². The topological polar surface area (TPSA) is 77.4 Å². The summed E-state index contributed by atoms with van der Waals surface area (Å²) < 4.78 is 5.73. The van der Waals surface area contributed by atoms with E-state index >= 15 is 0 Å². The van der Waals surface area contributed by atoms with Crippen molar-refractivity contribution in [2.24, 2.45) is 0 Å². The largest absolute Gasteiger partial charge is 0.457 e. The number of hydrogen-bond donors (Lipinski definition) is 2. The van der Waals surface area contributed by atoms with Gasteiger partial charge in [0.1, 0.15) is 23.1 Å². The van der Waals surface area contributed by atoms with E-state index < -0.39 is 5.91 Å². The molecule has 0 radical (unpaired) electrons. The van der Waals surface area contributed by atoms with Crippen molar-refractivity contribution >= 4 is 23.0 Å². The Morgan fingerprint density at radius 2 is 1.50 bits per heavy atom. The molecule has 0 heterocycles. The van der Waals surface area contributed by atoms with Crippen LogP contribution in [0.15, 0.2) is 90.6 Å². The van der Waals surface area contributed by atoms with Crippen LogP contribution in [-0.4, -0.2) is 20.0 Å². The van der Waals surface area contributed by atoms with Crippen molar-refractivity contribution in [2.75, 3.05) is 29.6 Å². The molecule has 0 saturated heterocycles. The third-order valence-electron chi connectivity index (χ3n) is 4.22. The number of nitrogens with one attached hydrogen (secondary N) is 2. The van der Waals surface area contributed by atoms with Gasteiger partial charge in [0.25, 0.3) is 5.91 Å². The number of ether oxygens (including phenoxy) is 1. The van der Waals surface area contributed by atoms with Gasteiger partial charge in [-0.05, 0) is 60.7 Å². The number of anilines is 3. The molecule has 2 N–H and O–H groups in total. The van der Waals surface area contributed by atoms with E-state index in [1.807, 2.05) is 79.7 Å². The van der Waals surface area contributed by atoms with E-state index in [0.29, 0.717) is 11.4 Å². The summed E-state index contributed by atoms with van der Waals surface area (Å²) in [4.78, 5) is 14.4. The lowest BCUT2D eigenvalue weighted by Crippen LogP contribution is -2.14. The van der Waals surface area contributed by atoms with Crippen LogP contribution < -0.4 is 20.3 Å². The Labute approximate surface area is 176 Å². The Bertz CT molecular complexity index is 1050. The molecular weight excluding hydrogens is 376 g/mol. The smallest absolute Gasteiger partial charge is 0.267 e. The molecule has 3 rings (SSSR count). The van der Waals surface area contributed by atoms with Crippen molar-refractivity contribution in [1.82, 2.24) is 0 Å². The minimum absolute atomic E-state index is 0.0312. The van der Waals surface area contributed by atoms with Crippen LogP contribution in [0, 0.1) is 11.3 Å². The highest BCUT2D eigenvalue weighted by Gasteiger charge is 2.09. The van der Waals surface area contributed by atoms with Crippen LogP contribution in [0.1, 0.15) is 0 Å². The van der Waals surface area contributed by atoms with Crippen molar-refractivity contribution in [2.45, 2.75) is 0 Å². The Morgan fingerprint density at radius 3 is 2.10 bits per heavy atom. The molecule has 150 valence electrons. The van der Waals surface area contributed by atoms with E-state index in [9.17, 15) is 10.1 Å². The molecule has 0 aliphatic rings. The first kappa shape index (κ1) is 20.5. The number of hydrogen-bond acceptors (Lipinski definition) is 5. The SMILES string of the molecule is CN(C)c1ccc(N/C=C(/C#N)C(=O)Nc2ccc(Oc3ccccc3)cc2)cc1. The first-order valence-electron chi connectivity index (χ1n) is 9.33. The molecule has 3 aromatic carbocycles. The molecule has 1 amide bonds. The summed E-state index contributed by atoms with van der Waals surface area (Å²) in [5.74, 6) is 0.887. The molecule has 0 unspecified atom stereocenters. The van der Waals surface area contributed by atoms with Gasteiger partial charge >= 0.3 is 0 Å². The van der Waals surface area contributed by atoms with Gasteiger partial charge in [-0.3, -0.25) is 4.79 Å². The third kappa shape index (κ3) is 5.63. The predicted octanol–water partition coefficient (Wildman–Crippen LogP) is 5.00. The molecule has 0 aliphatic heterocycles. The minimum atomic E-state index is -0.494. The fourth-order valence-electron chi connectivity index (χ4n) is 2.59. The summed E-state index contributed by atoms with van der Waals surface area (Å²) in [6.45, 7) is 0. The normalized spacial score (nSPS) is 10.6. The van der Waals surface area contributed by atoms with Gasteiger partial charge in [-0.25, -0.2) is 0 Å². The molecule has 0 atom stereocenters. The van der Waals surface area contributed by atoms with E-state index in [0.717, 1.165) is 17.1 Å². The van der Waals surface area contributed by atoms with Crippen molar-refractivity contribution in [3.8, 4) is 17.6 Å². The lowest BCUT2D eigenvalue weighted by atomic mass is 10.2. The van der Waals surface area contributed by atoms with Gasteiger partial charge in [-0.2, -0.15) is 5.26 Å². The number of rotatable bonds is 7. The van der Waals surface area contributed by atoms with Crippen molar-refractivity contribution in [1.29, 1.82) is 5.26 Å². The van der Waals surface area contributed by atoms with Crippen LogP contribution in [0.25, 0.3) is 0 Å². The second kappa shape index (κ2) is 9.80. The molecule has 0 bridgehead atoms. The van der Waals surface area contributed by atoms with Crippen LogP contribution in [0.2, 0.25) is 0 Å². The maximum absolute atomic E-state index is 12.4. The number of carbonyl (C=O) groups is 1. The number of carbonyl (C=O) groups excluding carboxylic acids is 1. The van der Waals surface area contributed by atoms with Crippen molar-refractivity contribution in [3.05, 3.63) is 90.6 Å². The van der Waals surface area contributed by atoms with Crippen LogP contribution in [0.5, 0.6) is 11.5 Å². The van der Waals surface area contributed by atoms with Gasteiger partial charge < -0.3 is 20.3 Å². The van der Waals surface area contributed by atoms with Gasteiger partial charge in [0.05, 0.1) is 0 Å². The fourth-order valence-corrected chi connectivity index (χ4v) is 2.59. The highest BCUT2D eigenvalue weighted by atomic mass is 16.5. The number of benzene rings is 3. The van der Waals surface area contributed by atoms with E-state index in [1.54, 1.807) is 24.3 Å². The lowest BCUT2D eigenvalue weighted by Gasteiger charge is -2.12. The van der Waals surface area contributed by atoms with Crippen LogP contribution >= 0.6 is 0 Å². The maximum Gasteiger partial charge on any atom is 0.267 e. The number of para-hydroxylation sites is 1. The Kier molecular flexibility index (Phi) is 6.70. The van der Waals surface area contributed by atoms with Gasteiger partial charge in [0.2, 0.25) is 0 Å². The Morgan fingerprint density at radius 1 is 0.900 bits per heavy atom. The van der Waals surface area contributed by atoms with Crippen LogP contribution in [-0.2, 0) is 4.79 Å². The fraction of sp³-hybridized carbons (Fsp3) is 0.0833. The summed E-state index contributed by atoms with van der Waals surface area (Å²) in [6.07, 6.45) is 1.40. The molecule has 0 aliphatic carbocycles. The number of amides is 1. The third-order valence-corrected chi connectivity index (χ3v) is 4.22. The van der Waals surface area contributed by atoms with Gasteiger partial charge in [0.15, 0.2) is 0 Å². The summed E-state index contributed by atoms with van der Waals surface area (Å²) >= 11 is 0. The average Bonchev–Trinajstić information content (AvgIpc) is 2.76. The number of nitriles is 1.